The third-order valence-electron chi connectivity index (χ3n) is 3.58. The van der Waals surface area contributed by atoms with Gasteiger partial charge in [0.2, 0.25) is 0 Å². The Morgan fingerprint density at radius 1 is 1.47 bits per heavy atom. The first-order chi connectivity index (χ1) is 8.25. The van der Waals surface area contributed by atoms with E-state index in [9.17, 15) is 5.11 Å². The summed E-state index contributed by atoms with van der Waals surface area (Å²) in [7, 11) is 0. The van der Waals surface area contributed by atoms with Crippen molar-refractivity contribution in [2.45, 2.75) is 19.4 Å². The molecule has 17 heavy (non-hydrogen) atoms. The van der Waals surface area contributed by atoms with Crippen molar-refractivity contribution in [3.05, 3.63) is 23.7 Å². The van der Waals surface area contributed by atoms with Gasteiger partial charge in [-0.05, 0) is 29.9 Å². The Hall–Kier alpha value is -1.13. The van der Waals surface area contributed by atoms with Crippen LogP contribution in [0.4, 0.5) is 5.69 Å². The summed E-state index contributed by atoms with van der Waals surface area (Å²) < 4.78 is 1.23. The predicted octanol–water partition coefficient (Wildman–Crippen LogP) is 2.50. The molecule has 2 unspecified atom stereocenters. The molecule has 90 valence electrons. The number of hydrogen-bond acceptors (Lipinski definition) is 4. The molecular weight excluding hydrogens is 232 g/mol. The van der Waals surface area contributed by atoms with Crippen molar-refractivity contribution in [2.75, 3.05) is 18.0 Å². The largest absolute Gasteiger partial charge is 0.391 e. The molecule has 2 atom stereocenters. The minimum atomic E-state index is -0.216. The number of nitrogens with zero attached hydrogens (tertiary/aromatic N) is 2. The maximum absolute atomic E-state index is 9.98. The van der Waals surface area contributed by atoms with Crippen LogP contribution < -0.4 is 4.90 Å². The Labute approximate surface area is 105 Å². The molecule has 0 amide bonds. The molecule has 1 aliphatic rings. The molecule has 0 bridgehead atoms. The molecular formula is C13H16N2OS. The van der Waals surface area contributed by atoms with Gasteiger partial charge in [-0.3, -0.25) is 4.98 Å². The molecule has 1 saturated heterocycles. The van der Waals surface area contributed by atoms with E-state index in [0.29, 0.717) is 5.92 Å². The van der Waals surface area contributed by atoms with Crippen LogP contribution in [-0.2, 0) is 0 Å². The molecule has 0 aliphatic carbocycles. The fourth-order valence-electron chi connectivity index (χ4n) is 2.38. The zero-order chi connectivity index (χ0) is 11.8. The van der Waals surface area contributed by atoms with E-state index in [4.69, 9.17) is 0 Å². The summed E-state index contributed by atoms with van der Waals surface area (Å²) in [5.74, 6) is 0.409. The van der Waals surface area contributed by atoms with Crippen LogP contribution in [0.25, 0.3) is 10.2 Å². The fourth-order valence-corrected chi connectivity index (χ4v) is 3.27. The van der Waals surface area contributed by atoms with Gasteiger partial charge >= 0.3 is 0 Å². The highest BCUT2D eigenvalue weighted by Gasteiger charge is 2.25. The molecule has 3 rings (SSSR count). The van der Waals surface area contributed by atoms with Crippen LogP contribution in [0.1, 0.15) is 13.3 Å². The quantitative estimate of drug-likeness (QED) is 0.842. The summed E-state index contributed by atoms with van der Waals surface area (Å²) >= 11 is 1.72. The first-order valence-electron chi connectivity index (χ1n) is 6.01. The molecule has 1 fully saturated rings. The van der Waals surface area contributed by atoms with Gasteiger partial charge in [0, 0.05) is 19.3 Å². The third kappa shape index (κ3) is 1.91. The van der Waals surface area contributed by atoms with Crippen molar-refractivity contribution < 1.29 is 5.11 Å². The fraction of sp³-hybridized carbons (Fsp3) is 0.462. The van der Waals surface area contributed by atoms with E-state index >= 15 is 0 Å². The van der Waals surface area contributed by atoms with Gasteiger partial charge < -0.3 is 10.0 Å². The number of fused-ring (bicyclic) bond motifs is 1. The van der Waals surface area contributed by atoms with Crippen LogP contribution in [0.2, 0.25) is 0 Å². The van der Waals surface area contributed by atoms with Crippen molar-refractivity contribution in [1.82, 2.24) is 4.98 Å². The first kappa shape index (κ1) is 11.0. The summed E-state index contributed by atoms with van der Waals surface area (Å²) in [6.07, 6.45) is 2.69. The van der Waals surface area contributed by atoms with Gasteiger partial charge in [0.25, 0.3) is 0 Å². The number of pyridine rings is 1. The second-order valence-electron chi connectivity index (χ2n) is 4.74. The van der Waals surface area contributed by atoms with Crippen LogP contribution >= 0.6 is 11.3 Å². The number of aromatic nitrogens is 1. The molecule has 3 nitrogen and oxygen atoms in total. The number of piperidine rings is 1. The average Bonchev–Trinajstić information content (AvgIpc) is 2.80. The van der Waals surface area contributed by atoms with E-state index < -0.39 is 0 Å². The van der Waals surface area contributed by atoms with Gasteiger partial charge in [-0.25, -0.2) is 0 Å². The van der Waals surface area contributed by atoms with Gasteiger partial charge in [-0.1, -0.05) is 6.92 Å². The molecule has 3 heterocycles. The number of thiophene rings is 1. The second-order valence-corrected chi connectivity index (χ2v) is 5.66. The number of aliphatic hydroxyl groups excluding tert-OH is 1. The Morgan fingerprint density at radius 3 is 3.18 bits per heavy atom. The number of rotatable bonds is 1. The highest BCUT2D eigenvalue weighted by Crippen LogP contribution is 2.32. The maximum atomic E-state index is 9.98. The van der Waals surface area contributed by atoms with Gasteiger partial charge in [0.15, 0.2) is 0 Å². The molecule has 0 spiro atoms. The van der Waals surface area contributed by atoms with Crippen LogP contribution in [-0.4, -0.2) is 29.3 Å². The van der Waals surface area contributed by atoms with Crippen molar-refractivity contribution in [2.24, 2.45) is 5.92 Å². The number of hydrogen-bond donors (Lipinski definition) is 1. The molecule has 1 aliphatic heterocycles. The van der Waals surface area contributed by atoms with E-state index in [-0.39, 0.29) is 6.10 Å². The zero-order valence-electron chi connectivity index (χ0n) is 9.84. The van der Waals surface area contributed by atoms with Crippen molar-refractivity contribution in [3.63, 3.8) is 0 Å². The molecule has 0 aromatic carbocycles. The maximum Gasteiger partial charge on any atom is 0.0830 e. The van der Waals surface area contributed by atoms with Crippen LogP contribution in [0.5, 0.6) is 0 Å². The molecule has 0 saturated carbocycles. The Bertz CT molecular complexity index is 525. The summed E-state index contributed by atoms with van der Waals surface area (Å²) in [6, 6.07) is 4.11. The predicted molar refractivity (Wildman–Crippen MR) is 71.6 cm³/mol. The lowest BCUT2D eigenvalue weighted by Crippen LogP contribution is -2.42. The standard InChI is InChI=1S/C13H16N2OS/c1-9-3-6-15(8-12(9)16)11-2-5-14-10-4-7-17-13(10)11/h2,4-5,7,9,12,16H,3,6,8H2,1H3. The summed E-state index contributed by atoms with van der Waals surface area (Å²) in [5.41, 5.74) is 2.27. The summed E-state index contributed by atoms with van der Waals surface area (Å²) in [6.45, 7) is 3.88. The van der Waals surface area contributed by atoms with Crippen molar-refractivity contribution >= 4 is 27.2 Å². The second kappa shape index (κ2) is 4.27. The Balaban J connectivity index is 1.96. The zero-order valence-corrected chi connectivity index (χ0v) is 10.7. The number of anilines is 1. The molecule has 0 radical (unpaired) electrons. The number of aliphatic hydroxyl groups is 1. The van der Waals surface area contributed by atoms with Crippen LogP contribution in [0, 0.1) is 5.92 Å². The van der Waals surface area contributed by atoms with Crippen molar-refractivity contribution in [3.8, 4) is 0 Å². The van der Waals surface area contributed by atoms with E-state index in [0.717, 1.165) is 25.0 Å². The molecule has 1 N–H and O–H groups in total. The first-order valence-corrected chi connectivity index (χ1v) is 6.89. The normalized spacial score (nSPS) is 25.4. The van der Waals surface area contributed by atoms with Gasteiger partial charge in [-0.2, -0.15) is 0 Å². The Kier molecular flexibility index (Phi) is 2.76. The van der Waals surface area contributed by atoms with Crippen LogP contribution in [0.3, 0.4) is 0 Å². The van der Waals surface area contributed by atoms with Crippen LogP contribution in [0.15, 0.2) is 23.7 Å². The molecule has 2 aromatic rings. The minimum absolute atomic E-state index is 0.216. The number of β-amino-alcohol motifs (C(OH)–C–C–N with tert-alkyl or cyclic N) is 1. The van der Waals surface area contributed by atoms with Gasteiger partial charge in [-0.15, -0.1) is 11.3 Å². The summed E-state index contributed by atoms with van der Waals surface area (Å²) in [5, 5.41) is 12.1. The van der Waals surface area contributed by atoms with E-state index in [1.807, 2.05) is 12.3 Å². The lowest BCUT2D eigenvalue weighted by Gasteiger charge is -2.35. The topological polar surface area (TPSA) is 36.4 Å². The lowest BCUT2D eigenvalue weighted by atomic mass is 9.96. The lowest BCUT2D eigenvalue weighted by molar-refractivity contribution is 0.103. The molecule has 2 aromatic heterocycles. The highest BCUT2D eigenvalue weighted by molar-refractivity contribution is 7.17. The van der Waals surface area contributed by atoms with Crippen molar-refractivity contribution in [1.29, 1.82) is 0 Å². The monoisotopic (exact) mass is 248 g/mol. The van der Waals surface area contributed by atoms with Gasteiger partial charge in [0.05, 0.1) is 22.0 Å². The Morgan fingerprint density at radius 2 is 2.35 bits per heavy atom. The molecule has 4 heteroatoms. The van der Waals surface area contributed by atoms with Gasteiger partial charge in [0.1, 0.15) is 0 Å². The minimum Gasteiger partial charge on any atom is -0.391 e. The third-order valence-corrected chi connectivity index (χ3v) is 4.51. The van der Waals surface area contributed by atoms with E-state index in [2.05, 4.69) is 28.3 Å². The van der Waals surface area contributed by atoms with E-state index in [1.54, 1.807) is 11.3 Å². The van der Waals surface area contributed by atoms with E-state index in [1.165, 1.54) is 10.4 Å². The smallest absolute Gasteiger partial charge is 0.0830 e. The highest BCUT2D eigenvalue weighted by atomic mass is 32.1. The summed E-state index contributed by atoms with van der Waals surface area (Å²) in [4.78, 5) is 6.63. The average molecular weight is 248 g/mol. The SMILES string of the molecule is CC1CCN(c2ccnc3ccsc23)CC1O.